The molecule has 78 valence electrons. The molecule has 0 unspecified atom stereocenters. The van der Waals surface area contributed by atoms with Gasteiger partial charge in [-0.05, 0) is 25.0 Å². The predicted octanol–water partition coefficient (Wildman–Crippen LogP) is 1.79. The molecule has 0 aliphatic heterocycles. The second-order valence-electron chi connectivity index (χ2n) is 3.48. The van der Waals surface area contributed by atoms with E-state index in [1.807, 2.05) is 32.0 Å². The van der Waals surface area contributed by atoms with E-state index in [0.29, 0.717) is 6.54 Å². The molecule has 0 atom stereocenters. The van der Waals surface area contributed by atoms with Crippen LogP contribution < -0.4 is 5.32 Å². The summed E-state index contributed by atoms with van der Waals surface area (Å²) >= 11 is 0. The third-order valence-electron chi connectivity index (χ3n) is 2.12. The molecule has 0 spiro atoms. The van der Waals surface area contributed by atoms with Gasteiger partial charge in [0.15, 0.2) is 0 Å². The average molecular weight is 201 g/mol. The highest BCUT2D eigenvalue weighted by molar-refractivity contribution is 5.73. The molecule has 0 fully saturated rings. The summed E-state index contributed by atoms with van der Waals surface area (Å²) in [4.78, 5) is 10.6. The Balaban J connectivity index is 2.75. The molecule has 0 aliphatic rings. The van der Waals surface area contributed by atoms with Crippen LogP contribution in [0.4, 0.5) is 0 Å². The van der Waals surface area contributed by atoms with E-state index in [9.17, 15) is 4.79 Å². The Morgan fingerprint density at radius 1 is 1.33 bits per heavy atom. The number of rotatable bonds is 1. The smallest absolute Gasteiger partial charge is 0.217 e. The molecule has 0 aliphatic carbocycles. The number of nitrogens with one attached hydrogen (secondary N) is 1. The maximum absolute atomic E-state index is 10.6. The van der Waals surface area contributed by atoms with Crippen molar-refractivity contribution in [2.45, 2.75) is 20.8 Å². The van der Waals surface area contributed by atoms with Crippen molar-refractivity contribution in [3.63, 3.8) is 0 Å². The van der Waals surface area contributed by atoms with Crippen molar-refractivity contribution in [2.75, 3.05) is 6.54 Å². The summed E-state index contributed by atoms with van der Waals surface area (Å²) in [5.74, 6) is 5.95. The van der Waals surface area contributed by atoms with Crippen molar-refractivity contribution in [1.82, 2.24) is 5.32 Å². The van der Waals surface area contributed by atoms with Crippen molar-refractivity contribution < 1.29 is 4.79 Å². The Bertz CT molecular complexity index is 404. The molecule has 1 N–H and O–H groups in total. The zero-order valence-corrected chi connectivity index (χ0v) is 9.35. The van der Waals surface area contributed by atoms with Crippen LogP contribution in [0.25, 0.3) is 0 Å². The Labute approximate surface area is 90.7 Å². The van der Waals surface area contributed by atoms with Crippen LogP contribution in [-0.2, 0) is 4.79 Å². The van der Waals surface area contributed by atoms with Crippen LogP contribution >= 0.6 is 0 Å². The van der Waals surface area contributed by atoms with Crippen LogP contribution in [0.1, 0.15) is 23.6 Å². The van der Waals surface area contributed by atoms with Crippen LogP contribution in [0, 0.1) is 25.7 Å². The molecule has 2 heteroatoms. The van der Waals surface area contributed by atoms with E-state index in [-0.39, 0.29) is 5.91 Å². The van der Waals surface area contributed by atoms with Gasteiger partial charge in [-0.1, -0.05) is 30.0 Å². The number of hydrogen-bond acceptors (Lipinski definition) is 1. The summed E-state index contributed by atoms with van der Waals surface area (Å²) in [7, 11) is 0. The molecular formula is C13H15NO. The Morgan fingerprint density at radius 2 is 1.93 bits per heavy atom. The Hall–Kier alpha value is -1.75. The van der Waals surface area contributed by atoms with Crippen LogP contribution in [-0.4, -0.2) is 12.5 Å². The van der Waals surface area contributed by atoms with Crippen molar-refractivity contribution in [1.29, 1.82) is 0 Å². The molecule has 0 radical (unpaired) electrons. The number of aryl methyl sites for hydroxylation is 2. The molecule has 0 heterocycles. The summed E-state index contributed by atoms with van der Waals surface area (Å²) in [6.07, 6.45) is 0. The lowest BCUT2D eigenvalue weighted by molar-refractivity contribution is -0.118. The highest BCUT2D eigenvalue weighted by Gasteiger charge is 1.96. The van der Waals surface area contributed by atoms with Crippen LogP contribution in [0.2, 0.25) is 0 Å². The van der Waals surface area contributed by atoms with E-state index in [1.165, 1.54) is 18.1 Å². The standard InChI is InChI=1S/C13H15NO/c1-10-6-4-7-11(2)13(10)8-5-9-14-12(3)15/h4,6-7H,9H2,1-3H3,(H,14,15). The number of hydrogen-bond donors (Lipinski definition) is 1. The second kappa shape index (κ2) is 5.21. The summed E-state index contributed by atoms with van der Waals surface area (Å²) in [5.41, 5.74) is 3.40. The fourth-order valence-corrected chi connectivity index (χ4v) is 1.31. The van der Waals surface area contributed by atoms with E-state index >= 15 is 0 Å². The zero-order chi connectivity index (χ0) is 11.3. The normalized spacial score (nSPS) is 9.00. The molecule has 2 nitrogen and oxygen atoms in total. The van der Waals surface area contributed by atoms with Crippen molar-refractivity contribution in [3.05, 3.63) is 34.9 Å². The molecule has 1 rings (SSSR count). The minimum absolute atomic E-state index is 0.0502. The lowest BCUT2D eigenvalue weighted by atomic mass is 10.0. The zero-order valence-electron chi connectivity index (χ0n) is 9.35. The van der Waals surface area contributed by atoms with E-state index in [2.05, 4.69) is 17.2 Å². The highest BCUT2D eigenvalue weighted by atomic mass is 16.1. The maximum atomic E-state index is 10.6. The number of amides is 1. The van der Waals surface area contributed by atoms with Gasteiger partial charge in [-0.15, -0.1) is 0 Å². The molecule has 0 bridgehead atoms. The number of carbonyl (C=O) groups excluding carboxylic acids is 1. The highest BCUT2D eigenvalue weighted by Crippen LogP contribution is 2.10. The quantitative estimate of drug-likeness (QED) is 0.690. The van der Waals surface area contributed by atoms with Gasteiger partial charge in [0.1, 0.15) is 0 Å². The number of carbonyl (C=O) groups is 1. The minimum Gasteiger partial charge on any atom is -0.345 e. The van der Waals surface area contributed by atoms with E-state index in [1.54, 1.807) is 0 Å². The molecule has 15 heavy (non-hydrogen) atoms. The van der Waals surface area contributed by atoms with Gasteiger partial charge in [0.25, 0.3) is 0 Å². The van der Waals surface area contributed by atoms with E-state index in [4.69, 9.17) is 0 Å². The first-order valence-electron chi connectivity index (χ1n) is 4.91. The third-order valence-corrected chi connectivity index (χ3v) is 2.12. The number of benzene rings is 1. The van der Waals surface area contributed by atoms with Gasteiger partial charge in [-0.3, -0.25) is 4.79 Å². The Kier molecular flexibility index (Phi) is 3.93. The van der Waals surface area contributed by atoms with Gasteiger partial charge in [0.05, 0.1) is 6.54 Å². The lowest BCUT2D eigenvalue weighted by Crippen LogP contribution is -2.19. The lowest BCUT2D eigenvalue weighted by Gasteiger charge is -2.01. The first-order valence-corrected chi connectivity index (χ1v) is 4.91. The van der Waals surface area contributed by atoms with Crippen molar-refractivity contribution in [3.8, 4) is 11.8 Å². The molecule has 1 amide bonds. The summed E-state index contributed by atoms with van der Waals surface area (Å²) < 4.78 is 0. The summed E-state index contributed by atoms with van der Waals surface area (Å²) in [6, 6.07) is 6.09. The topological polar surface area (TPSA) is 29.1 Å². The van der Waals surface area contributed by atoms with Gasteiger partial charge in [0, 0.05) is 12.5 Å². The summed E-state index contributed by atoms with van der Waals surface area (Å²) in [5, 5.41) is 2.64. The second-order valence-corrected chi connectivity index (χ2v) is 3.48. The minimum atomic E-state index is -0.0502. The van der Waals surface area contributed by atoms with Gasteiger partial charge >= 0.3 is 0 Å². The van der Waals surface area contributed by atoms with E-state index in [0.717, 1.165) is 5.56 Å². The van der Waals surface area contributed by atoms with Gasteiger partial charge in [-0.25, -0.2) is 0 Å². The fraction of sp³-hybridized carbons (Fsp3) is 0.308. The predicted molar refractivity (Wildman–Crippen MR) is 61.5 cm³/mol. The maximum Gasteiger partial charge on any atom is 0.217 e. The van der Waals surface area contributed by atoms with Crippen LogP contribution in [0.3, 0.4) is 0 Å². The third kappa shape index (κ3) is 3.47. The van der Waals surface area contributed by atoms with Gasteiger partial charge in [-0.2, -0.15) is 0 Å². The van der Waals surface area contributed by atoms with Crippen molar-refractivity contribution in [2.24, 2.45) is 0 Å². The molecular weight excluding hydrogens is 186 g/mol. The molecule has 0 aromatic heterocycles. The van der Waals surface area contributed by atoms with Crippen molar-refractivity contribution >= 4 is 5.91 Å². The monoisotopic (exact) mass is 201 g/mol. The SMILES string of the molecule is CC(=O)NCC#Cc1c(C)cccc1C. The molecule has 1 aromatic rings. The van der Waals surface area contributed by atoms with Crippen LogP contribution in [0.5, 0.6) is 0 Å². The van der Waals surface area contributed by atoms with Gasteiger partial charge in [0.2, 0.25) is 5.91 Å². The summed E-state index contributed by atoms with van der Waals surface area (Å²) in [6.45, 7) is 5.97. The average Bonchev–Trinajstić information content (AvgIpc) is 2.15. The Morgan fingerprint density at radius 3 is 2.47 bits per heavy atom. The largest absolute Gasteiger partial charge is 0.345 e. The fourth-order valence-electron chi connectivity index (χ4n) is 1.31. The molecule has 1 aromatic carbocycles. The van der Waals surface area contributed by atoms with Crippen LogP contribution in [0.15, 0.2) is 18.2 Å². The first-order chi connectivity index (χ1) is 7.11. The first kappa shape index (κ1) is 11.3. The van der Waals surface area contributed by atoms with E-state index < -0.39 is 0 Å². The van der Waals surface area contributed by atoms with Gasteiger partial charge < -0.3 is 5.32 Å². The molecule has 0 saturated carbocycles. The molecule has 0 saturated heterocycles.